The van der Waals surface area contributed by atoms with E-state index in [1.54, 1.807) is 0 Å². The molecule has 2 saturated heterocycles. The minimum absolute atomic E-state index is 0.251. The van der Waals surface area contributed by atoms with E-state index >= 15 is 0 Å². The lowest BCUT2D eigenvalue weighted by Gasteiger charge is -2.37. The average molecular weight is 302 g/mol. The molecule has 2 atom stereocenters. The van der Waals surface area contributed by atoms with E-state index in [1.165, 1.54) is 5.69 Å². The lowest BCUT2D eigenvalue weighted by molar-refractivity contribution is -0.00517. The Balaban J connectivity index is 1.92. The first-order valence-electron chi connectivity index (χ1n) is 8.05. The molecule has 0 N–H and O–H groups in total. The normalized spacial score (nSPS) is 25.8. The summed E-state index contributed by atoms with van der Waals surface area (Å²) in [6.45, 7) is 8.16. The second-order valence-electron chi connectivity index (χ2n) is 6.41. The fourth-order valence-corrected chi connectivity index (χ4v) is 3.27. The quantitative estimate of drug-likeness (QED) is 0.838. The van der Waals surface area contributed by atoms with Crippen LogP contribution < -0.4 is 4.90 Å². The molecule has 0 radical (unpaired) electrons. The van der Waals surface area contributed by atoms with Crippen LogP contribution in [-0.4, -0.2) is 68.2 Å². The molecule has 3 rings (SSSR count). The molecule has 5 nitrogen and oxygen atoms in total. The van der Waals surface area contributed by atoms with Crippen molar-refractivity contribution in [3.8, 4) is 0 Å². The summed E-state index contributed by atoms with van der Waals surface area (Å²) in [6.07, 6.45) is 0.502. The zero-order chi connectivity index (χ0) is 15.7. The number of aliphatic imine (C=N–C) groups is 1. The Labute approximate surface area is 133 Å². The summed E-state index contributed by atoms with van der Waals surface area (Å²) in [4.78, 5) is 11.7. The molecule has 0 amide bonds. The molecule has 120 valence electrons. The van der Waals surface area contributed by atoms with Crippen LogP contribution in [-0.2, 0) is 4.74 Å². The molecule has 2 heterocycles. The van der Waals surface area contributed by atoms with E-state index in [2.05, 4.69) is 66.9 Å². The fourth-order valence-electron chi connectivity index (χ4n) is 3.27. The molecular formula is C17H26N4O. The highest BCUT2D eigenvalue weighted by molar-refractivity contribution is 5.86. The van der Waals surface area contributed by atoms with Gasteiger partial charge in [-0.15, -0.1) is 0 Å². The molecule has 0 bridgehead atoms. The zero-order valence-corrected chi connectivity index (χ0v) is 14.0. The summed E-state index contributed by atoms with van der Waals surface area (Å²) in [5.74, 6) is 1.04. The molecule has 2 unspecified atom stereocenters. The molecule has 5 heteroatoms. The smallest absolute Gasteiger partial charge is 0.201 e. The number of guanidine groups is 1. The van der Waals surface area contributed by atoms with Crippen LogP contribution in [0.25, 0.3) is 0 Å². The Kier molecular flexibility index (Phi) is 4.25. The highest BCUT2D eigenvalue weighted by atomic mass is 16.5. The first-order chi connectivity index (χ1) is 10.5. The maximum absolute atomic E-state index is 5.85. The molecule has 0 aliphatic carbocycles. The molecule has 2 aliphatic heterocycles. The predicted octanol–water partition coefficient (Wildman–Crippen LogP) is 2.16. The number of hydrogen-bond acceptors (Lipinski definition) is 3. The summed E-state index contributed by atoms with van der Waals surface area (Å²) in [5.41, 5.74) is 2.24. The van der Waals surface area contributed by atoms with Crippen LogP contribution in [0.5, 0.6) is 0 Å². The van der Waals surface area contributed by atoms with Gasteiger partial charge in [0.2, 0.25) is 5.96 Å². The third-order valence-electron chi connectivity index (χ3n) is 4.32. The minimum Gasteiger partial charge on any atom is -0.372 e. The molecule has 22 heavy (non-hydrogen) atoms. The molecule has 1 aromatic rings. The zero-order valence-electron chi connectivity index (χ0n) is 14.0. The monoisotopic (exact) mass is 302 g/mol. The van der Waals surface area contributed by atoms with E-state index in [9.17, 15) is 0 Å². The largest absolute Gasteiger partial charge is 0.372 e. The maximum Gasteiger partial charge on any atom is 0.201 e. The van der Waals surface area contributed by atoms with E-state index in [4.69, 9.17) is 9.73 Å². The molecule has 2 fully saturated rings. The van der Waals surface area contributed by atoms with Crippen LogP contribution in [0.4, 0.5) is 11.4 Å². The molecule has 0 aromatic heterocycles. The Morgan fingerprint density at radius 1 is 1.00 bits per heavy atom. The fraction of sp³-hybridized carbons (Fsp3) is 0.588. The van der Waals surface area contributed by atoms with Gasteiger partial charge in [0.1, 0.15) is 0 Å². The molecule has 2 aliphatic rings. The Morgan fingerprint density at radius 2 is 1.59 bits per heavy atom. The summed E-state index contributed by atoms with van der Waals surface area (Å²) < 4.78 is 5.85. The van der Waals surface area contributed by atoms with Crippen molar-refractivity contribution in [3.05, 3.63) is 24.3 Å². The predicted molar refractivity (Wildman–Crippen MR) is 91.0 cm³/mol. The highest BCUT2D eigenvalue weighted by Crippen LogP contribution is 2.31. The van der Waals surface area contributed by atoms with Crippen LogP contribution in [0.2, 0.25) is 0 Å². The Bertz CT molecular complexity index is 537. The van der Waals surface area contributed by atoms with Gasteiger partial charge in [-0.2, -0.15) is 0 Å². The molecule has 0 saturated carbocycles. The van der Waals surface area contributed by atoms with Crippen LogP contribution in [0, 0.1) is 0 Å². The van der Waals surface area contributed by atoms with E-state index in [1.807, 2.05) is 0 Å². The standard InChI is InChI=1S/C17H26N4O/c1-13-11-21(12-14(2)22-13)16-8-6-5-7-15(16)18-17-19(3)9-10-20(17)4/h5-8,13-14H,9-12H2,1-4H3. The lowest BCUT2D eigenvalue weighted by atomic mass is 10.2. The minimum atomic E-state index is 0.251. The lowest BCUT2D eigenvalue weighted by Crippen LogP contribution is -2.45. The van der Waals surface area contributed by atoms with Gasteiger partial charge in [-0.25, -0.2) is 4.99 Å². The summed E-state index contributed by atoms with van der Waals surface area (Å²) in [6, 6.07) is 8.42. The van der Waals surface area contributed by atoms with Crippen LogP contribution in [0.3, 0.4) is 0 Å². The van der Waals surface area contributed by atoms with Crippen molar-refractivity contribution in [1.82, 2.24) is 9.80 Å². The second-order valence-corrected chi connectivity index (χ2v) is 6.41. The average Bonchev–Trinajstić information content (AvgIpc) is 2.79. The van der Waals surface area contributed by atoms with Crippen LogP contribution >= 0.6 is 0 Å². The summed E-state index contributed by atoms with van der Waals surface area (Å²) in [5, 5.41) is 0. The number of ether oxygens (including phenoxy) is 1. The molecule has 1 aromatic carbocycles. The third-order valence-corrected chi connectivity index (χ3v) is 4.32. The van der Waals surface area contributed by atoms with E-state index in [0.29, 0.717) is 0 Å². The SMILES string of the molecule is CC1CN(c2ccccc2N=C2N(C)CCN2C)CC(C)O1. The van der Waals surface area contributed by atoms with Gasteiger partial charge in [0.25, 0.3) is 0 Å². The number of para-hydroxylation sites is 2. The van der Waals surface area contributed by atoms with Crippen LogP contribution in [0.1, 0.15) is 13.8 Å². The van der Waals surface area contributed by atoms with Crippen molar-refractivity contribution in [2.24, 2.45) is 4.99 Å². The van der Waals surface area contributed by atoms with E-state index < -0.39 is 0 Å². The number of morpholine rings is 1. The second kappa shape index (κ2) is 6.16. The van der Waals surface area contributed by atoms with Crippen molar-refractivity contribution in [1.29, 1.82) is 0 Å². The van der Waals surface area contributed by atoms with Crippen molar-refractivity contribution in [2.75, 3.05) is 45.2 Å². The van der Waals surface area contributed by atoms with Crippen molar-refractivity contribution in [3.63, 3.8) is 0 Å². The van der Waals surface area contributed by atoms with Crippen molar-refractivity contribution < 1.29 is 4.74 Å². The van der Waals surface area contributed by atoms with Crippen molar-refractivity contribution in [2.45, 2.75) is 26.1 Å². The van der Waals surface area contributed by atoms with Gasteiger partial charge < -0.3 is 19.4 Å². The first kappa shape index (κ1) is 15.2. The van der Waals surface area contributed by atoms with Crippen molar-refractivity contribution >= 4 is 17.3 Å². The van der Waals surface area contributed by atoms with Gasteiger partial charge in [0, 0.05) is 40.3 Å². The topological polar surface area (TPSA) is 31.3 Å². The number of anilines is 1. The van der Waals surface area contributed by atoms with E-state index in [0.717, 1.165) is 37.8 Å². The van der Waals surface area contributed by atoms with Gasteiger partial charge in [-0.05, 0) is 26.0 Å². The summed E-state index contributed by atoms with van der Waals surface area (Å²) >= 11 is 0. The number of rotatable bonds is 2. The molecular weight excluding hydrogens is 276 g/mol. The highest BCUT2D eigenvalue weighted by Gasteiger charge is 2.25. The number of likely N-dealkylation sites (N-methyl/N-ethyl adjacent to an activating group) is 2. The third kappa shape index (κ3) is 3.04. The number of benzene rings is 1. The Hall–Kier alpha value is -1.75. The number of hydrogen-bond donors (Lipinski definition) is 0. The Morgan fingerprint density at radius 3 is 2.23 bits per heavy atom. The summed E-state index contributed by atoms with van der Waals surface area (Å²) in [7, 11) is 4.20. The first-order valence-corrected chi connectivity index (χ1v) is 8.05. The molecule has 0 spiro atoms. The van der Waals surface area contributed by atoms with Crippen LogP contribution in [0.15, 0.2) is 29.3 Å². The maximum atomic E-state index is 5.85. The number of nitrogens with zero attached hydrogens (tertiary/aromatic N) is 4. The van der Waals surface area contributed by atoms with Gasteiger partial charge in [0.15, 0.2) is 0 Å². The van der Waals surface area contributed by atoms with Gasteiger partial charge in [-0.3, -0.25) is 0 Å². The van der Waals surface area contributed by atoms with Gasteiger partial charge in [-0.1, -0.05) is 12.1 Å². The van der Waals surface area contributed by atoms with Gasteiger partial charge >= 0.3 is 0 Å². The van der Waals surface area contributed by atoms with E-state index in [-0.39, 0.29) is 12.2 Å². The van der Waals surface area contributed by atoms with Gasteiger partial charge in [0.05, 0.1) is 23.6 Å².